The molecule has 0 aromatic rings. The van der Waals surface area contributed by atoms with Gasteiger partial charge in [-0.15, -0.1) is 0 Å². The van der Waals surface area contributed by atoms with Crippen LogP contribution in [-0.4, -0.2) is 44.2 Å². The fourth-order valence-corrected chi connectivity index (χ4v) is 1.75. The van der Waals surface area contributed by atoms with Crippen LogP contribution in [0.15, 0.2) is 0 Å². The van der Waals surface area contributed by atoms with E-state index >= 15 is 0 Å². The molecule has 0 amide bonds. The zero-order valence-corrected chi connectivity index (χ0v) is 9.77. The minimum absolute atomic E-state index is 0.333. The zero-order chi connectivity index (χ0) is 12.6. The van der Waals surface area contributed by atoms with Gasteiger partial charge in [-0.3, -0.25) is 9.97 Å². The van der Waals surface area contributed by atoms with Crippen LogP contribution in [0.2, 0.25) is 0 Å². The van der Waals surface area contributed by atoms with Crippen LogP contribution in [0.4, 0.5) is 0 Å². The standard InChI is InChI=1S/C4H10O5P2.CH5N3/c1-2(5)3(6)4(7)11(9)10-8;2-1(3)4/h2-7,9H,1H3;(H5,2,3,4)/t2-,3+,4-,11+;/m1./s1. The number of hydrogen-bond donors (Lipinski definition) is 7. The highest BCUT2D eigenvalue weighted by Gasteiger charge is 2.28. The number of hydrogen-bond acceptors (Lipinski definition) is 6. The van der Waals surface area contributed by atoms with Crippen molar-refractivity contribution in [1.29, 1.82) is 5.41 Å². The molecule has 0 aliphatic rings. The number of aliphatic hydroxyl groups is 3. The van der Waals surface area contributed by atoms with Gasteiger partial charge in [0.25, 0.3) is 0 Å². The van der Waals surface area contributed by atoms with Gasteiger partial charge >= 0.3 is 0 Å². The summed E-state index contributed by atoms with van der Waals surface area (Å²) in [5, 5.41) is 32.6. The van der Waals surface area contributed by atoms with Gasteiger partial charge in [-0.25, -0.2) is 0 Å². The van der Waals surface area contributed by atoms with Crippen molar-refractivity contribution in [3.8, 4) is 0 Å². The molecule has 90 valence electrons. The van der Waals surface area contributed by atoms with E-state index in [-0.39, 0.29) is 5.96 Å². The zero-order valence-electron chi connectivity index (χ0n) is 7.98. The molecule has 0 rings (SSSR count). The van der Waals surface area contributed by atoms with Gasteiger partial charge in [-0.05, 0) is 6.92 Å². The van der Waals surface area contributed by atoms with E-state index < -0.39 is 34.0 Å². The van der Waals surface area contributed by atoms with E-state index in [9.17, 15) is 4.57 Å². The first-order chi connectivity index (χ1) is 6.73. The minimum Gasteiger partial charge on any atom is -0.391 e. The van der Waals surface area contributed by atoms with Gasteiger partial charge in [0.05, 0.1) is 6.10 Å². The molecule has 8 nitrogen and oxygen atoms in total. The summed E-state index contributed by atoms with van der Waals surface area (Å²) < 4.78 is 10.00. The van der Waals surface area contributed by atoms with Crippen molar-refractivity contribution >= 4 is 21.9 Å². The molecule has 0 aromatic heterocycles. The lowest BCUT2D eigenvalue weighted by molar-refractivity contribution is -0.0211. The van der Waals surface area contributed by atoms with Crippen LogP contribution in [0.5, 0.6) is 0 Å². The van der Waals surface area contributed by atoms with Gasteiger partial charge in [0.2, 0.25) is 8.15 Å². The molecule has 0 aliphatic carbocycles. The van der Waals surface area contributed by atoms with E-state index in [0.717, 1.165) is 0 Å². The highest BCUT2D eigenvalue weighted by atomic mass is 32.0. The molecule has 0 aromatic carbocycles. The molecule has 0 saturated heterocycles. The summed E-state index contributed by atoms with van der Waals surface area (Å²) in [7, 11) is -2.76. The Bertz CT molecular complexity index is 201. The number of rotatable bonds is 4. The van der Waals surface area contributed by atoms with E-state index in [1.807, 2.05) is 0 Å². The van der Waals surface area contributed by atoms with Crippen LogP contribution in [0.3, 0.4) is 0 Å². The van der Waals surface area contributed by atoms with Gasteiger partial charge < -0.3 is 31.7 Å². The Morgan fingerprint density at radius 2 is 1.73 bits per heavy atom. The van der Waals surface area contributed by atoms with Crippen molar-refractivity contribution in [2.24, 2.45) is 11.5 Å². The van der Waals surface area contributed by atoms with E-state index in [0.29, 0.717) is 0 Å². The van der Waals surface area contributed by atoms with Crippen LogP contribution in [-0.2, 0) is 4.57 Å². The van der Waals surface area contributed by atoms with Crippen molar-refractivity contribution in [2.75, 3.05) is 0 Å². The molecule has 10 heteroatoms. The maximum absolute atomic E-state index is 10.00. The first-order valence-electron chi connectivity index (χ1n) is 3.69. The second-order valence-electron chi connectivity index (χ2n) is 2.50. The summed E-state index contributed by atoms with van der Waals surface area (Å²) in [6, 6.07) is 0. The van der Waals surface area contributed by atoms with Crippen LogP contribution >= 0.6 is 16.0 Å². The second kappa shape index (κ2) is 8.91. The van der Waals surface area contributed by atoms with Crippen molar-refractivity contribution in [2.45, 2.75) is 25.0 Å². The van der Waals surface area contributed by atoms with Crippen molar-refractivity contribution in [3.05, 3.63) is 0 Å². The third kappa shape index (κ3) is 9.93. The van der Waals surface area contributed by atoms with Crippen LogP contribution in [0.1, 0.15) is 6.92 Å². The summed E-state index contributed by atoms with van der Waals surface area (Å²) in [6.07, 6.45) is -2.60. The fourth-order valence-electron chi connectivity index (χ4n) is 0.434. The van der Waals surface area contributed by atoms with Gasteiger partial charge in [-0.1, -0.05) is 0 Å². The van der Waals surface area contributed by atoms with E-state index in [1.54, 1.807) is 0 Å². The predicted molar refractivity (Wildman–Crippen MR) is 56.5 cm³/mol. The molecule has 0 saturated carbocycles. The number of nitrogens with one attached hydrogen (secondary N) is 1. The summed E-state index contributed by atoms with van der Waals surface area (Å²) in [5.74, 6) is -1.86. The fraction of sp³-hybridized carbons (Fsp3) is 0.800. The first kappa shape index (κ1) is 17.0. The topological polar surface area (TPSA) is 174 Å². The maximum Gasteiger partial charge on any atom is 0.214 e. The molecule has 0 radical (unpaired) electrons. The molecule has 9 N–H and O–H groups in total. The minimum atomic E-state index is -2.15. The van der Waals surface area contributed by atoms with Gasteiger partial charge in [0.15, 0.2) is 13.8 Å². The van der Waals surface area contributed by atoms with Crippen LogP contribution in [0.25, 0.3) is 0 Å². The molecule has 0 aliphatic heterocycles. The third-order valence-electron chi connectivity index (χ3n) is 1.12. The lowest BCUT2D eigenvalue weighted by atomic mass is 10.2. The third-order valence-corrected chi connectivity index (χ3v) is 3.28. The molecule has 0 unspecified atom stereocenters. The molecule has 0 spiro atoms. The number of guanidine groups is 1. The average Bonchev–Trinajstić information content (AvgIpc) is 2.13. The highest BCUT2D eigenvalue weighted by molar-refractivity contribution is 8.13. The van der Waals surface area contributed by atoms with Gasteiger partial charge in [0.1, 0.15) is 11.9 Å². The average molecular weight is 259 g/mol. The van der Waals surface area contributed by atoms with E-state index in [1.165, 1.54) is 6.92 Å². The van der Waals surface area contributed by atoms with Crippen molar-refractivity contribution in [1.82, 2.24) is 0 Å². The van der Waals surface area contributed by atoms with E-state index in [2.05, 4.69) is 11.5 Å². The van der Waals surface area contributed by atoms with Gasteiger partial charge in [0, 0.05) is 0 Å². The Morgan fingerprint density at radius 3 is 1.93 bits per heavy atom. The van der Waals surface area contributed by atoms with Crippen molar-refractivity contribution < 1.29 is 24.8 Å². The maximum atomic E-state index is 10.00. The Morgan fingerprint density at radius 1 is 1.40 bits per heavy atom. The molecule has 0 fully saturated rings. The smallest absolute Gasteiger partial charge is 0.214 e. The Kier molecular flexibility index (Phi) is 10.1. The number of aliphatic hydroxyl groups excluding tert-OH is 3. The number of nitrogens with two attached hydrogens (primary N) is 2. The van der Waals surface area contributed by atoms with Crippen molar-refractivity contribution in [3.63, 3.8) is 0 Å². The summed E-state index contributed by atoms with van der Waals surface area (Å²) in [4.78, 5) is 8.76. The Balaban J connectivity index is 0. The highest BCUT2D eigenvalue weighted by Crippen LogP contribution is 2.49. The molecule has 15 heavy (non-hydrogen) atoms. The molecular weight excluding hydrogens is 244 g/mol. The summed E-state index contributed by atoms with van der Waals surface area (Å²) >= 11 is 0. The normalized spacial score (nSPS) is 18.2. The van der Waals surface area contributed by atoms with Gasteiger partial charge in [-0.2, -0.15) is 0 Å². The Labute approximate surface area is 89.3 Å². The monoisotopic (exact) mass is 259 g/mol. The molecule has 0 bridgehead atoms. The molecular formula is C5H15N3O5P2. The second-order valence-corrected chi connectivity index (χ2v) is 5.55. The lowest BCUT2D eigenvalue weighted by Gasteiger charge is -2.20. The summed E-state index contributed by atoms with van der Waals surface area (Å²) in [5.41, 5.74) is 8.94. The summed E-state index contributed by atoms with van der Waals surface area (Å²) in [6.45, 7) is 1.26. The van der Waals surface area contributed by atoms with E-state index in [4.69, 9.17) is 25.6 Å². The first-order valence-corrected chi connectivity index (χ1v) is 6.57. The predicted octanol–water partition coefficient (Wildman–Crippen LogP) is -1.52. The quantitative estimate of drug-likeness (QED) is 0.182. The Hall–Kier alpha value is -0.360. The van der Waals surface area contributed by atoms with Crippen LogP contribution < -0.4 is 11.5 Å². The molecule has 4 atom stereocenters. The van der Waals surface area contributed by atoms with Crippen LogP contribution in [0, 0.1) is 5.41 Å². The largest absolute Gasteiger partial charge is 0.391 e. The SMILES string of the molecule is C[C@@H](O)[C@H](O)[C@H](O)[P@@](O)P=O.N=C(N)N. The molecule has 0 heterocycles. The lowest BCUT2D eigenvalue weighted by Crippen LogP contribution is -2.33.